The Morgan fingerprint density at radius 2 is 2.00 bits per heavy atom. The van der Waals surface area contributed by atoms with E-state index in [1.54, 1.807) is 47.7 Å². The van der Waals surface area contributed by atoms with Gasteiger partial charge in [0.15, 0.2) is 0 Å². The summed E-state index contributed by atoms with van der Waals surface area (Å²) in [5.41, 5.74) is 1.90. The number of nitrogens with one attached hydrogen (secondary N) is 3. The fourth-order valence-corrected chi connectivity index (χ4v) is 4.57. The van der Waals surface area contributed by atoms with Crippen molar-refractivity contribution >= 4 is 40.6 Å². The van der Waals surface area contributed by atoms with Crippen molar-refractivity contribution in [3.63, 3.8) is 0 Å². The lowest BCUT2D eigenvalue weighted by Gasteiger charge is -2.35. The van der Waals surface area contributed by atoms with Crippen LogP contribution in [0.25, 0.3) is 0 Å². The average molecular weight is 499 g/mol. The number of morpholine rings is 1. The highest BCUT2D eigenvalue weighted by atomic mass is 35.5. The fourth-order valence-electron chi connectivity index (χ4n) is 3.80. The lowest BCUT2D eigenvalue weighted by Crippen LogP contribution is -2.48. The lowest BCUT2D eigenvalue weighted by molar-refractivity contribution is -0.0369. The van der Waals surface area contributed by atoms with Gasteiger partial charge in [0.1, 0.15) is 0 Å². The van der Waals surface area contributed by atoms with Crippen LogP contribution in [0, 0.1) is 0 Å². The van der Waals surface area contributed by atoms with Crippen LogP contribution in [-0.4, -0.2) is 49.7 Å². The number of anilines is 1. The first-order valence-electron chi connectivity index (χ1n) is 11.0. The van der Waals surface area contributed by atoms with Crippen molar-refractivity contribution in [1.29, 1.82) is 0 Å². The molecule has 0 aliphatic carbocycles. The van der Waals surface area contributed by atoms with Crippen molar-refractivity contribution in [2.24, 2.45) is 0 Å². The van der Waals surface area contributed by atoms with Gasteiger partial charge >= 0.3 is 6.03 Å². The smallest absolute Gasteiger partial charge is 0.319 e. The van der Waals surface area contributed by atoms with Crippen LogP contribution in [0.5, 0.6) is 0 Å². The first-order chi connectivity index (χ1) is 16.5. The van der Waals surface area contributed by atoms with Crippen molar-refractivity contribution in [1.82, 2.24) is 15.5 Å². The molecule has 178 valence electrons. The maximum atomic E-state index is 12.9. The molecule has 9 heteroatoms. The number of nitrogens with zero attached hydrogens (tertiary/aromatic N) is 1. The Bertz CT molecular complexity index is 1110. The number of hydrogen-bond donors (Lipinski definition) is 3. The van der Waals surface area contributed by atoms with Crippen LogP contribution in [0.1, 0.15) is 26.8 Å². The van der Waals surface area contributed by atoms with E-state index in [0.717, 1.165) is 17.0 Å². The molecule has 1 aromatic heterocycles. The highest BCUT2D eigenvalue weighted by Crippen LogP contribution is 2.24. The Hall–Kier alpha value is -2.91. The zero-order valence-electron chi connectivity index (χ0n) is 18.8. The molecule has 0 bridgehead atoms. The van der Waals surface area contributed by atoms with Crippen LogP contribution in [0.15, 0.2) is 66.0 Å². The minimum atomic E-state index is -0.382. The molecule has 2 atom stereocenters. The molecular weight excluding hydrogens is 472 g/mol. The second-order valence-electron chi connectivity index (χ2n) is 8.14. The van der Waals surface area contributed by atoms with Gasteiger partial charge in [-0.15, -0.1) is 11.3 Å². The molecule has 3 aromatic rings. The van der Waals surface area contributed by atoms with Crippen LogP contribution in [0.3, 0.4) is 0 Å². The van der Waals surface area contributed by atoms with Gasteiger partial charge < -0.3 is 25.6 Å². The van der Waals surface area contributed by atoms with Crippen molar-refractivity contribution in [2.45, 2.75) is 18.7 Å². The Morgan fingerprint density at radius 3 is 2.74 bits per heavy atom. The monoisotopic (exact) mass is 498 g/mol. The summed E-state index contributed by atoms with van der Waals surface area (Å²) in [4.78, 5) is 28.7. The zero-order chi connectivity index (χ0) is 23.9. The number of urea groups is 1. The van der Waals surface area contributed by atoms with Gasteiger partial charge in [0.05, 0.1) is 25.3 Å². The molecule has 7 nitrogen and oxygen atoms in total. The molecule has 2 unspecified atom stereocenters. The van der Waals surface area contributed by atoms with Crippen molar-refractivity contribution < 1.29 is 14.3 Å². The maximum Gasteiger partial charge on any atom is 0.319 e. The first-order valence-corrected chi connectivity index (χ1v) is 12.3. The minimum absolute atomic E-state index is 0.199. The molecule has 0 radical (unpaired) electrons. The van der Waals surface area contributed by atoms with Crippen molar-refractivity contribution in [3.8, 4) is 0 Å². The standard InChI is InChI=1S/C25H27ClN4O3S/c1-30-11-12-33-22(16-30)23(17-7-9-19(26)10-8-17)29-25(32)28-20-5-2-4-18(14-20)24(31)27-15-21-6-3-13-34-21/h2-10,13-14,22-23H,11-12,15-16H2,1H3,(H,27,31)(H2,28,29,32). The molecule has 3 amide bonds. The SMILES string of the molecule is CN1CCOC(C(NC(=O)Nc2cccc(C(=O)NCc3cccs3)c2)c2ccc(Cl)cc2)C1. The Kier molecular flexibility index (Phi) is 8.18. The van der Waals surface area contributed by atoms with Crippen LogP contribution in [0.4, 0.5) is 10.5 Å². The Labute approximate surface area is 208 Å². The van der Waals surface area contributed by atoms with E-state index in [4.69, 9.17) is 16.3 Å². The van der Waals surface area contributed by atoms with E-state index in [-0.39, 0.29) is 24.1 Å². The van der Waals surface area contributed by atoms with Crippen molar-refractivity contribution in [2.75, 3.05) is 32.1 Å². The number of carbonyl (C=O) groups excluding carboxylic acids is 2. The van der Waals surface area contributed by atoms with Gasteiger partial charge in [-0.2, -0.15) is 0 Å². The molecular formula is C25H27ClN4O3S. The van der Waals surface area contributed by atoms with Crippen LogP contribution < -0.4 is 16.0 Å². The number of thiophene rings is 1. The summed E-state index contributed by atoms with van der Waals surface area (Å²) in [6, 6.07) is 17.4. The molecule has 34 heavy (non-hydrogen) atoms. The second-order valence-corrected chi connectivity index (χ2v) is 9.61. The van der Waals surface area contributed by atoms with Gasteiger partial charge in [0.2, 0.25) is 0 Å². The molecule has 2 aromatic carbocycles. The predicted molar refractivity (Wildman–Crippen MR) is 136 cm³/mol. The van der Waals surface area contributed by atoms with Crippen LogP contribution in [0.2, 0.25) is 5.02 Å². The number of halogens is 1. The number of hydrogen-bond acceptors (Lipinski definition) is 5. The van der Waals surface area contributed by atoms with Crippen LogP contribution >= 0.6 is 22.9 Å². The second kappa shape index (κ2) is 11.5. The molecule has 1 aliphatic heterocycles. The molecule has 4 rings (SSSR count). The minimum Gasteiger partial charge on any atom is -0.373 e. The van der Waals surface area contributed by atoms with E-state index < -0.39 is 0 Å². The molecule has 0 saturated carbocycles. The van der Waals surface area contributed by atoms with E-state index in [0.29, 0.717) is 36.0 Å². The zero-order valence-corrected chi connectivity index (χ0v) is 20.4. The van der Waals surface area contributed by atoms with Gasteiger partial charge in [-0.1, -0.05) is 35.9 Å². The first kappa shape index (κ1) is 24.2. The maximum absolute atomic E-state index is 12.9. The summed E-state index contributed by atoms with van der Waals surface area (Å²) in [5, 5.41) is 11.4. The van der Waals surface area contributed by atoms with Gasteiger partial charge in [0, 0.05) is 34.2 Å². The Morgan fingerprint density at radius 1 is 1.18 bits per heavy atom. The summed E-state index contributed by atoms with van der Waals surface area (Å²) in [7, 11) is 2.03. The predicted octanol–water partition coefficient (Wildman–Crippen LogP) is 4.52. The van der Waals surface area contributed by atoms with E-state index in [2.05, 4.69) is 20.9 Å². The van der Waals surface area contributed by atoms with E-state index in [1.807, 2.05) is 36.7 Å². The summed E-state index contributed by atoms with van der Waals surface area (Å²) < 4.78 is 5.99. The van der Waals surface area contributed by atoms with Crippen LogP contribution in [-0.2, 0) is 11.3 Å². The molecule has 1 aliphatic rings. The third-order valence-corrected chi connectivity index (χ3v) is 6.70. The normalized spacial score (nSPS) is 17.1. The summed E-state index contributed by atoms with van der Waals surface area (Å²) in [6.07, 6.45) is -0.208. The number of benzene rings is 2. The molecule has 1 fully saturated rings. The number of rotatable bonds is 7. The van der Waals surface area contributed by atoms with E-state index in [1.165, 1.54) is 0 Å². The quantitative estimate of drug-likeness (QED) is 0.447. The van der Waals surface area contributed by atoms with Gasteiger partial charge in [-0.25, -0.2) is 4.79 Å². The number of likely N-dealkylation sites (N-methyl/N-ethyl adjacent to an activating group) is 1. The van der Waals surface area contributed by atoms with Crippen molar-refractivity contribution in [3.05, 3.63) is 87.1 Å². The number of amides is 3. The average Bonchev–Trinajstić information content (AvgIpc) is 3.36. The Balaban J connectivity index is 1.42. The number of ether oxygens (including phenoxy) is 1. The van der Waals surface area contributed by atoms with Gasteiger partial charge in [-0.3, -0.25) is 4.79 Å². The third kappa shape index (κ3) is 6.57. The van der Waals surface area contributed by atoms with E-state index >= 15 is 0 Å². The molecule has 1 saturated heterocycles. The fraction of sp³-hybridized carbons (Fsp3) is 0.280. The summed E-state index contributed by atoms with van der Waals surface area (Å²) in [5.74, 6) is -0.199. The molecule has 0 spiro atoms. The summed E-state index contributed by atoms with van der Waals surface area (Å²) >= 11 is 7.65. The summed E-state index contributed by atoms with van der Waals surface area (Å²) in [6.45, 7) is 2.59. The highest BCUT2D eigenvalue weighted by Gasteiger charge is 2.29. The van der Waals surface area contributed by atoms with E-state index in [9.17, 15) is 9.59 Å². The third-order valence-electron chi connectivity index (χ3n) is 5.57. The highest BCUT2D eigenvalue weighted by molar-refractivity contribution is 7.09. The lowest BCUT2D eigenvalue weighted by atomic mass is 10.00. The molecule has 3 N–H and O–H groups in total. The largest absolute Gasteiger partial charge is 0.373 e. The number of carbonyl (C=O) groups is 2. The van der Waals surface area contributed by atoms with Gasteiger partial charge in [0.25, 0.3) is 5.91 Å². The molecule has 2 heterocycles. The topological polar surface area (TPSA) is 82.7 Å². The van der Waals surface area contributed by atoms with Gasteiger partial charge in [-0.05, 0) is 54.4 Å².